The Hall–Kier alpha value is -4.07. The van der Waals surface area contributed by atoms with Crippen LogP contribution in [0.2, 0.25) is 0 Å². The van der Waals surface area contributed by atoms with E-state index < -0.39 is 0 Å². The van der Waals surface area contributed by atoms with Crippen LogP contribution < -0.4 is 5.32 Å². The normalized spacial score (nSPS) is 11.1. The highest BCUT2D eigenvalue weighted by Gasteiger charge is 2.13. The molecule has 0 fully saturated rings. The average molecular weight is 356 g/mol. The minimum absolute atomic E-state index is 0.218. The Kier molecular flexibility index (Phi) is 3.39. The smallest absolute Gasteiger partial charge is 0.258 e. The Morgan fingerprint density at radius 1 is 1.04 bits per heavy atom. The third-order valence-corrected chi connectivity index (χ3v) is 4.13. The summed E-state index contributed by atoms with van der Waals surface area (Å²) in [6.45, 7) is 0. The molecule has 0 aliphatic carbocycles. The molecule has 0 atom stereocenters. The van der Waals surface area contributed by atoms with Crippen molar-refractivity contribution in [3.63, 3.8) is 0 Å². The number of nitrogens with zero attached hydrogens (tertiary/aromatic N) is 5. The number of furan rings is 1. The zero-order valence-corrected chi connectivity index (χ0v) is 13.9. The van der Waals surface area contributed by atoms with Crippen LogP contribution in [0.15, 0.2) is 71.8 Å². The molecular weight excluding hydrogens is 344 g/mol. The summed E-state index contributed by atoms with van der Waals surface area (Å²) in [5.41, 5.74) is 4.14. The van der Waals surface area contributed by atoms with E-state index in [9.17, 15) is 4.79 Å². The van der Waals surface area contributed by atoms with Crippen LogP contribution in [0.25, 0.3) is 27.9 Å². The van der Waals surface area contributed by atoms with Crippen LogP contribution in [-0.4, -0.2) is 30.5 Å². The molecule has 1 aromatic carbocycles. The number of hydrogen-bond acceptors (Lipinski definition) is 6. The third kappa shape index (κ3) is 2.69. The molecule has 0 aliphatic heterocycles. The molecule has 4 aromatic heterocycles. The number of pyridine rings is 1. The van der Waals surface area contributed by atoms with Crippen LogP contribution in [-0.2, 0) is 0 Å². The molecule has 8 heteroatoms. The van der Waals surface area contributed by atoms with E-state index in [1.807, 2.05) is 24.3 Å². The van der Waals surface area contributed by atoms with Crippen LogP contribution in [0.3, 0.4) is 0 Å². The van der Waals surface area contributed by atoms with Gasteiger partial charge in [-0.1, -0.05) is 6.07 Å². The van der Waals surface area contributed by atoms with Crippen molar-refractivity contribution in [2.45, 2.75) is 0 Å². The summed E-state index contributed by atoms with van der Waals surface area (Å²) in [5.74, 6) is -0.0986. The number of benzene rings is 1. The van der Waals surface area contributed by atoms with Crippen molar-refractivity contribution in [3.8, 4) is 11.3 Å². The van der Waals surface area contributed by atoms with Crippen LogP contribution >= 0.6 is 0 Å². The second-order valence-corrected chi connectivity index (χ2v) is 5.84. The van der Waals surface area contributed by atoms with Crippen LogP contribution in [0.4, 0.5) is 5.95 Å². The molecule has 0 saturated carbocycles. The van der Waals surface area contributed by atoms with Crippen LogP contribution in [0, 0.1) is 0 Å². The number of nitrogens with one attached hydrogen (secondary N) is 1. The Morgan fingerprint density at radius 2 is 1.93 bits per heavy atom. The molecular formula is C19H12N6O2. The Bertz CT molecular complexity index is 1280. The Labute approximate surface area is 152 Å². The Balaban J connectivity index is 1.48. The van der Waals surface area contributed by atoms with Crippen molar-refractivity contribution >= 4 is 28.5 Å². The second kappa shape index (κ2) is 6.03. The molecule has 0 spiro atoms. The van der Waals surface area contributed by atoms with Gasteiger partial charge in [-0.15, -0.1) is 5.10 Å². The molecule has 0 radical (unpaired) electrons. The molecule has 0 bridgehead atoms. The number of hydrogen-bond donors (Lipinski definition) is 1. The lowest BCUT2D eigenvalue weighted by atomic mass is 10.2. The molecule has 1 N–H and O–H groups in total. The van der Waals surface area contributed by atoms with Gasteiger partial charge in [0.25, 0.3) is 5.91 Å². The highest BCUT2D eigenvalue weighted by Crippen LogP contribution is 2.21. The maximum atomic E-state index is 12.6. The summed E-state index contributed by atoms with van der Waals surface area (Å²) in [6.07, 6.45) is 6.42. The topological polar surface area (TPSA) is 98.2 Å². The molecule has 130 valence electrons. The highest BCUT2D eigenvalue weighted by molar-refractivity contribution is 6.05. The van der Waals surface area contributed by atoms with E-state index in [4.69, 9.17) is 4.42 Å². The van der Waals surface area contributed by atoms with Gasteiger partial charge in [-0.2, -0.15) is 4.98 Å². The molecule has 0 saturated heterocycles. The summed E-state index contributed by atoms with van der Waals surface area (Å²) in [4.78, 5) is 25.4. The maximum Gasteiger partial charge on any atom is 0.258 e. The van der Waals surface area contributed by atoms with Gasteiger partial charge in [0, 0.05) is 23.5 Å². The van der Waals surface area contributed by atoms with Gasteiger partial charge in [-0.3, -0.25) is 20.1 Å². The number of rotatable bonds is 3. The quantitative estimate of drug-likeness (QED) is 0.533. The third-order valence-electron chi connectivity index (χ3n) is 4.13. The zero-order valence-electron chi connectivity index (χ0n) is 13.9. The maximum absolute atomic E-state index is 12.6. The van der Waals surface area contributed by atoms with E-state index in [1.165, 1.54) is 0 Å². The minimum Gasteiger partial charge on any atom is -0.472 e. The lowest BCUT2D eigenvalue weighted by Crippen LogP contribution is -2.13. The lowest BCUT2D eigenvalue weighted by Gasteiger charge is -2.02. The van der Waals surface area contributed by atoms with Crippen molar-refractivity contribution in [2.75, 3.05) is 5.32 Å². The predicted molar refractivity (Wildman–Crippen MR) is 98.2 cm³/mol. The van der Waals surface area contributed by atoms with Gasteiger partial charge in [0.15, 0.2) is 5.65 Å². The molecule has 0 aliphatic rings. The van der Waals surface area contributed by atoms with Gasteiger partial charge in [-0.05, 0) is 36.4 Å². The zero-order chi connectivity index (χ0) is 18.2. The largest absolute Gasteiger partial charge is 0.472 e. The monoisotopic (exact) mass is 356 g/mol. The van der Waals surface area contributed by atoms with Crippen molar-refractivity contribution in [1.29, 1.82) is 0 Å². The number of fused-ring (bicyclic) bond motifs is 2. The van der Waals surface area contributed by atoms with Crippen molar-refractivity contribution in [2.24, 2.45) is 0 Å². The SMILES string of the molecule is O=C(Nc1nc2cccc(-c3ccoc3)n2n1)c1ccc2nccnc2c1. The van der Waals surface area contributed by atoms with E-state index in [-0.39, 0.29) is 11.9 Å². The lowest BCUT2D eigenvalue weighted by molar-refractivity contribution is 0.102. The van der Waals surface area contributed by atoms with Gasteiger partial charge in [0.05, 0.1) is 29.3 Å². The van der Waals surface area contributed by atoms with E-state index >= 15 is 0 Å². The summed E-state index contributed by atoms with van der Waals surface area (Å²) in [5, 5.41) is 7.13. The van der Waals surface area contributed by atoms with Crippen molar-refractivity contribution < 1.29 is 9.21 Å². The van der Waals surface area contributed by atoms with Gasteiger partial charge < -0.3 is 4.42 Å². The first-order valence-corrected chi connectivity index (χ1v) is 8.18. The van der Waals surface area contributed by atoms with Gasteiger partial charge in [0.1, 0.15) is 0 Å². The molecule has 0 unspecified atom stereocenters. The first-order chi connectivity index (χ1) is 13.3. The average Bonchev–Trinajstić information content (AvgIpc) is 3.36. The number of amides is 1. The fourth-order valence-electron chi connectivity index (χ4n) is 2.87. The molecule has 8 nitrogen and oxygen atoms in total. The summed E-state index contributed by atoms with van der Waals surface area (Å²) in [7, 11) is 0. The van der Waals surface area contributed by atoms with Crippen molar-refractivity contribution in [1.82, 2.24) is 24.6 Å². The molecule has 5 rings (SSSR count). The standard InChI is InChI=1S/C19H12N6O2/c26-18(12-4-5-14-15(10-12)21-8-7-20-14)23-19-22-17-3-1-2-16(25(17)24-19)13-6-9-27-11-13/h1-11H,(H,23,24,26). The van der Waals surface area contributed by atoms with E-state index in [2.05, 4.69) is 25.4 Å². The number of carbonyl (C=O) groups is 1. The molecule has 4 heterocycles. The first-order valence-electron chi connectivity index (χ1n) is 8.18. The molecule has 5 aromatic rings. The van der Waals surface area contributed by atoms with Crippen LogP contribution in [0.5, 0.6) is 0 Å². The number of carbonyl (C=O) groups excluding carboxylic acids is 1. The number of anilines is 1. The first kappa shape index (κ1) is 15.2. The summed E-state index contributed by atoms with van der Waals surface area (Å²) >= 11 is 0. The minimum atomic E-state index is -0.316. The number of aromatic nitrogens is 5. The fraction of sp³-hybridized carbons (Fsp3) is 0. The summed E-state index contributed by atoms with van der Waals surface area (Å²) < 4.78 is 6.80. The van der Waals surface area contributed by atoms with E-state index in [0.29, 0.717) is 16.7 Å². The fourth-order valence-corrected chi connectivity index (χ4v) is 2.87. The van der Waals surface area contributed by atoms with E-state index in [0.717, 1.165) is 16.8 Å². The van der Waals surface area contributed by atoms with Crippen molar-refractivity contribution in [3.05, 3.63) is 72.9 Å². The predicted octanol–water partition coefficient (Wildman–Crippen LogP) is 3.18. The van der Waals surface area contributed by atoms with E-state index in [1.54, 1.807) is 47.6 Å². The molecule has 1 amide bonds. The van der Waals surface area contributed by atoms with Crippen LogP contribution in [0.1, 0.15) is 10.4 Å². The summed E-state index contributed by atoms with van der Waals surface area (Å²) in [6, 6.07) is 12.6. The van der Waals surface area contributed by atoms with Gasteiger partial charge in [0.2, 0.25) is 5.95 Å². The second-order valence-electron chi connectivity index (χ2n) is 5.84. The highest BCUT2D eigenvalue weighted by atomic mass is 16.3. The Morgan fingerprint density at radius 3 is 2.78 bits per heavy atom. The van der Waals surface area contributed by atoms with Gasteiger partial charge >= 0.3 is 0 Å². The van der Waals surface area contributed by atoms with Gasteiger partial charge in [-0.25, -0.2) is 4.52 Å². The molecule has 27 heavy (non-hydrogen) atoms.